The largest absolute Gasteiger partial charge is 0.465 e. The van der Waals surface area contributed by atoms with Gasteiger partial charge in [0.2, 0.25) is 0 Å². The van der Waals surface area contributed by atoms with Gasteiger partial charge in [0.1, 0.15) is 0 Å². The average molecular weight is 253 g/mol. The van der Waals surface area contributed by atoms with E-state index in [1.165, 1.54) is 0 Å². The number of imidazole rings is 1. The first-order valence-electron chi connectivity index (χ1n) is 6.65. The Bertz CT molecular complexity index is 312. The Morgan fingerprint density at radius 1 is 1.39 bits per heavy atom. The number of rotatable bonds is 10. The van der Waals surface area contributed by atoms with Crippen LogP contribution in [0.25, 0.3) is 0 Å². The van der Waals surface area contributed by atoms with Gasteiger partial charge in [-0.2, -0.15) is 0 Å². The fourth-order valence-electron chi connectivity index (χ4n) is 1.54. The molecule has 1 rings (SSSR count). The zero-order valence-corrected chi connectivity index (χ0v) is 11.1. The molecule has 0 aliphatic carbocycles. The number of esters is 1. The molecule has 0 bridgehead atoms. The van der Waals surface area contributed by atoms with Crippen LogP contribution in [-0.2, 0) is 16.1 Å². The van der Waals surface area contributed by atoms with Crippen LogP contribution in [0.15, 0.2) is 18.7 Å². The van der Waals surface area contributed by atoms with Crippen molar-refractivity contribution in [3.63, 3.8) is 0 Å². The van der Waals surface area contributed by atoms with E-state index in [0.29, 0.717) is 13.2 Å². The predicted octanol–water partition coefficient (Wildman–Crippen LogP) is 1.60. The molecule has 1 N–H and O–H groups in total. The van der Waals surface area contributed by atoms with Crippen molar-refractivity contribution in [2.45, 2.75) is 39.2 Å². The smallest absolute Gasteiger partial charge is 0.319 e. The maximum absolute atomic E-state index is 11.2. The summed E-state index contributed by atoms with van der Waals surface area (Å²) < 4.78 is 7.09. The zero-order chi connectivity index (χ0) is 13.1. The topological polar surface area (TPSA) is 56.1 Å². The Hall–Kier alpha value is -1.36. The van der Waals surface area contributed by atoms with Crippen LogP contribution in [-0.4, -0.2) is 35.2 Å². The lowest BCUT2D eigenvalue weighted by molar-refractivity contribution is -0.142. The van der Waals surface area contributed by atoms with Gasteiger partial charge in [-0.05, 0) is 25.8 Å². The summed E-state index contributed by atoms with van der Waals surface area (Å²) in [5.41, 5.74) is 0. The summed E-state index contributed by atoms with van der Waals surface area (Å²) in [6.07, 6.45) is 9.67. The average Bonchev–Trinajstić information content (AvgIpc) is 2.87. The molecule has 0 fully saturated rings. The molecule has 0 amide bonds. The maximum atomic E-state index is 11.2. The number of aryl methyl sites for hydroxylation is 1. The Morgan fingerprint density at radius 2 is 2.28 bits per heavy atom. The maximum Gasteiger partial charge on any atom is 0.319 e. The van der Waals surface area contributed by atoms with Crippen LogP contribution in [0.5, 0.6) is 0 Å². The first-order valence-corrected chi connectivity index (χ1v) is 6.65. The molecule has 0 saturated carbocycles. The molecular formula is C13H23N3O2. The third kappa shape index (κ3) is 7.06. The summed E-state index contributed by atoms with van der Waals surface area (Å²) in [5, 5.41) is 3.09. The minimum absolute atomic E-state index is 0.155. The molecule has 0 aromatic carbocycles. The fourth-order valence-corrected chi connectivity index (χ4v) is 1.54. The molecule has 0 atom stereocenters. The van der Waals surface area contributed by atoms with Crippen molar-refractivity contribution in [1.82, 2.24) is 14.9 Å². The van der Waals surface area contributed by atoms with Crippen molar-refractivity contribution >= 4 is 5.97 Å². The lowest BCUT2D eigenvalue weighted by Crippen LogP contribution is -2.26. The Morgan fingerprint density at radius 3 is 3.00 bits per heavy atom. The van der Waals surface area contributed by atoms with Crippen LogP contribution in [0, 0.1) is 0 Å². The SMILES string of the molecule is CCCCOC(=O)CNCCCCn1ccnc1. The van der Waals surface area contributed by atoms with E-state index >= 15 is 0 Å². The number of hydrogen-bond donors (Lipinski definition) is 1. The van der Waals surface area contributed by atoms with Crippen LogP contribution >= 0.6 is 0 Å². The van der Waals surface area contributed by atoms with E-state index in [0.717, 1.165) is 38.8 Å². The van der Waals surface area contributed by atoms with Crippen LogP contribution in [0.1, 0.15) is 32.6 Å². The summed E-state index contributed by atoms with van der Waals surface area (Å²) in [4.78, 5) is 15.2. The number of unbranched alkanes of at least 4 members (excludes halogenated alkanes) is 2. The number of hydrogen-bond acceptors (Lipinski definition) is 4. The first-order chi connectivity index (χ1) is 8.83. The Balaban J connectivity index is 1.87. The van der Waals surface area contributed by atoms with Gasteiger partial charge in [0.15, 0.2) is 0 Å². The molecule has 1 heterocycles. The summed E-state index contributed by atoms with van der Waals surface area (Å²) in [6.45, 7) is 4.75. The summed E-state index contributed by atoms with van der Waals surface area (Å²) in [6, 6.07) is 0. The van der Waals surface area contributed by atoms with Crippen LogP contribution in [0.2, 0.25) is 0 Å². The van der Waals surface area contributed by atoms with Gasteiger partial charge in [-0.25, -0.2) is 4.98 Å². The molecule has 5 nitrogen and oxygen atoms in total. The van der Waals surface area contributed by atoms with E-state index in [2.05, 4.69) is 21.8 Å². The Kier molecular flexibility index (Phi) is 7.88. The van der Waals surface area contributed by atoms with Crippen molar-refractivity contribution in [1.29, 1.82) is 0 Å². The van der Waals surface area contributed by atoms with E-state index in [9.17, 15) is 4.79 Å². The van der Waals surface area contributed by atoms with Gasteiger partial charge in [-0.1, -0.05) is 13.3 Å². The molecule has 0 aliphatic heterocycles. The first kappa shape index (κ1) is 14.7. The lowest BCUT2D eigenvalue weighted by Gasteiger charge is -2.06. The van der Waals surface area contributed by atoms with E-state index < -0.39 is 0 Å². The zero-order valence-electron chi connectivity index (χ0n) is 11.1. The highest BCUT2D eigenvalue weighted by molar-refractivity contribution is 5.71. The summed E-state index contributed by atoms with van der Waals surface area (Å²) in [5.74, 6) is -0.155. The molecule has 18 heavy (non-hydrogen) atoms. The highest BCUT2D eigenvalue weighted by atomic mass is 16.5. The van der Waals surface area contributed by atoms with Gasteiger partial charge >= 0.3 is 5.97 Å². The van der Waals surface area contributed by atoms with Gasteiger partial charge in [-0.15, -0.1) is 0 Å². The van der Waals surface area contributed by atoms with Gasteiger partial charge in [0, 0.05) is 18.9 Å². The van der Waals surface area contributed by atoms with E-state index in [-0.39, 0.29) is 5.97 Å². The fraction of sp³-hybridized carbons (Fsp3) is 0.692. The second-order valence-corrected chi connectivity index (χ2v) is 4.26. The number of ether oxygens (including phenoxy) is 1. The molecule has 1 aromatic heterocycles. The van der Waals surface area contributed by atoms with Crippen molar-refractivity contribution in [2.24, 2.45) is 0 Å². The van der Waals surface area contributed by atoms with Crippen molar-refractivity contribution in [3.8, 4) is 0 Å². The van der Waals surface area contributed by atoms with Gasteiger partial charge < -0.3 is 14.6 Å². The third-order valence-electron chi connectivity index (χ3n) is 2.61. The molecule has 0 spiro atoms. The highest BCUT2D eigenvalue weighted by Gasteiger charge is 2.00. The van der Waals surface area contributed by atoms with E-state index in [1.54, 1.807) is 6.20 Å². The van der Waals surface area contributed by atoms with E-state index in [1.807, 2.05) is 12.5 Å². The minimum atomic E-state index is -0.155. The van der Waals surface area contributed by atoms with Crippen LogP contribution in [0.3, 0.4) is 0 Å². The molecule has 102 valence electrons. The van der Waals surface area contributed by atoms with Crippen LogP contribution < -0.4 is 5.32 Å². The van der Waals surface area contributed by atoms with E-state index in [4.69, 9.17) is 4.74 Å². The van der Waals surface area contributed by atoms with Crippen molar-refractivity contribution in [3.05, 3.63) is 18.7 Å². The number of nitrogens with zero attached hydrogens (tertiary/aromatic N) is 2. The second kappa shape index (κ2) is 9.65. The molecular weight excluding hydrogens is 230 g/mol. The molecule has 0 unspecified atom stereocenters. The Labute approximate surface area is 109 Å². The monoisotopic (exact) mass is 253 g/mol. The van der Waals surface area contributed by atoms with Gasteiger partial charge in [0.05, 0.1) is 19.5 Å². The summed E-state index contributed by atoms with van der Waals surface area (Å²) in [7, 11) is 0. The highest BCUT2D eigenvalue weighted by Crippen LogP contribution is 1.94. The number of carbonyl (C=O) groups excluding carboxylic acids is 1. The minimum Gasteiger partial charge on any atom is -0.465 e. The second-order valence-electron chi connectivity index (χ2n) is 4.26. The lowest BCUT2D eigenvalue weighted by atomic mass is 10.3. The quantitative estimate of drug-likeness (QED) is 0.508. The van der Waals surface area contributed by atoms with Crippen molar-refractivity contribution < 1.29 is 9.53 Å². The molecule has 0 saturated heterocycles. The van der Waals surface area contributed by atoms with Crippen LogP contribution in [0.4, 0.5) is 0 Å². The molecule has 5 heteroatoms. The van der Waals surface area contributed by atoms with Gasteiger partial charge in [-0.3, -0.25) is 4.79 Å². The molecule has 0 aliphatic rings. The van der Waals surface area contributed by atoms with Crippen molar-refractivity contribution in [2.75, 3.05) is 19.7 Å². The van der Waals surface area contributed by atoms with Gasteiger partial charge in [0.25, 0.3) is 0 Å². The molecule has 1 aromatic rings. The standard InChI is InChI=1S/C13H23N3O2/c1-2-3-10-18-13(17)11-14-6-4-5-8-16-9-7-15-12-16/h7,9,12,14H,2-6,8,10-11H2,1H3. The summed E-state index contributed by atoms with van der Waals surface area (Å²) >= 11 is 0. The number of nitrogens with one attached hydrogen (secondary N) is 1. The third-order valence-corrected chi connectivity index (χ3v) is 2.61. The number of carbonyl (C=O) groups is 1. The normalized spacial score (nSPS) is 10.5. The molecule has 0 radical (unpaired) electrons. The number of aromatic nitrogens is 2. The predicted molar refractivity (Wildman–Crippen MR) is 70.2 cm³/mol.